The zero-order valence-electron chi connectivity index (χ0n) is 9.28. The van der Waals surface area contributed by atoms with Crippen LogP contribution in [0.15, 0.2) is 10.6 Å². The van der Waals surface area contributed by atoms with Crippen molar-refractivity contribution in [1.29, 1.82) is 0 Å². The van der Waals surface area contributed by atoms with Crippen molar-refractivity contribution < 1.29 is 9.21 Å². The molecule has 0 aliphatic rings. The molecule has 0 aliphatic heterocycles. The lowest BCUT2D eigenvalue weighted by Gasteiger charge is -2.12. The van der Waals surface area contributed by atoms with Gasteiger partial charge in [-0.2, -0.15) is 0 Å². The van der Waals surface area contributed by atoms with Crippen LogP contribution in [0.3, 0.4) is 0 Å². The van der Waals surface area contributed by atoms with Gasteiger partial charge in [0.25, 0.3) is 0 Å². The molecule has 0 saturated carbocycles. The lowest BCUT2D eigenvalue weighted by molar-refractivity contribution is -0.121. The summed E-state index contributed by atoms with van der Waals surface area (Å²) in [4.78, 5) is 14.9. The van der Waals surface area contributed by atoms with E-state index in [1.54, 1.807) is 13.1 Å². The molecular weight excluding hydrogens is 194 g/mol. The number of primary amides is 1. The van der Waals surface area contributed by atoms with Gasteiger partial charge >= 0.3 is 0 Å². The Kier molecular flexibility index (Phi) is 3.85. The predicted molar refractivity (Wildman–Crippen MR) is 56.0 cm³/mol. The first-order valence-corrected chi connectivity index (χ1v) is 4.95. The largest absolute Gasteiger partial charge is 0.444 e. The number of hydrogen-bond donors (Lipinski definition) is 2. The molecule has 5 heteroatoms. The zero-order valence-corrected chi connectivity index (χ0v) is 9.28. The van der Waals surface area contributed by atoms with Gasteiger partial charge in [0, 0.05) is 12.5 Å². The van der Waals surface area contributed by atoms with Crippen molar-refractivity contribution in [3.8, 4) is 0 Å². The summed E-state index contributed by atoms with van der Waals surface area (Å²) in [6.45, 7) is 6.08. The molecule has 3 N–H and O–H groups in total. The third-order valence-corrected chi connectivity index (χ3v) is 2.23. The minimum absolute atomic E-state index is 0.0134. The van der Waals surface area contributed by atoms with Crippen LogP contribution in [0, 0.1) is 12.8 Å². The molecule has 2 atom stereocenters. The Morgan fingerprint density at radius 1 is 1.67 bits per heavy atom. The summed E-state index contributed by atoms with van der Waals surface area (Å²) >= 11 is 0. The van der Waals surface area contributed by atoms with E-state index in [-0.39, 0.29) is 17.9 Å². The minimum atomic E-state index is -0.307. The van der Waals surface area contributed by atoms with Gasteiger partial charge in [0.05, 0.1) is 12.2 Å². The molecule has 1 aromatic rings. The second-order valence-electron chi connectivity index (χ2n) is 3.74. The van der Waals surface area contributed by atoms with Crippen molar-refractivity contribution in [2.45, 2.75) is 26.8 Å². The average molecular weight is 211 g/mol. The summed E-state index contributed by atoms with van der Waals surface area (Å²) in [5.41, 5.74) is 5.15. The van der Waals surface area contributed by atoms with Crippen molar-refractivity contribution in [3.05, 3.63) is 17.8 Å². The highest BCUT2D eigenvalue weighted by Crippen LogP contribution is 2.11. The molecule has 0 aromatic carbocycles. The first kappa shape index (κ1) is 11.7. The van der Waals surface area contributed by atoms with Crippen LogP contribution in [0.25, 0.3) is 0 Å². The van der Waals surface area contributed by atoms with Gasteiger partial charge in [-0.15, -0.1) is 0 Å². The highest BCUT2D eigenvalue weighted by Gasteiger charge is 2.14. The first-order valence-electron chi connectivity index (χ1n) is 4.95. The lowest BCUT2D eigenvalue weighted by Crippen LogP contribution is -2.32. The van der Waals surface area contributed by atoms with Crippen LogP contribution in [0.2, 0.25) is 0 Å². The number of oxazole rings is 1. The summed E-state index contributed by atoms with van der Waals surface area (Å²) in [5, 5.41) is 3.14. The standard InChI is InChI=1S/C10H17N3O2/c1-6(9(11)14)4-12-8(3)10-13-5-7(2)15-10/h5-6,8,12H,4H2,1-3H3,(H2,11,14). The minimum Gasteiger partial charge on any atom is -0.444 e. The van der Waals surface area contributed by atoms with E-state index < -0.39 is 0 Å². The summed E-state index contributed by atoms with van der Waals surface area (Å²) < 4.78 is 5.35. The fraction of sp³-hybridized carbons (Fsp3) is 0.600. The molecule has 0 saturated heterocycles. The maximum atomic E-state index is 10.8. The number of aromatic nitrogens is 1. The van der Waals surface area contributed by atoms with Gasteiger partial charge in [-0.05, 0) is 13.8 Å². The Bertz CT molecular complexity index is 335. The highest BCUT2D eigenvalue weighted by atomic mass is 16.4. The fourth-order valence-corrected chi connectivity index (χ4v) is 1.11. The quantitative estimate of drug-likeness (QED) is 0.753. The van der Waals surface area contributed by atoms with Gasteiger partial charge in [0.2, 0.25) is 11.8 Å². The number of amides is 1. The Morgan fingerprint density at radius 3 is 2.80 bits per heavy atom. The van der Waals surface area contributed by atoms with Crippen LogP contribution in [0.5, 0.6) is 0 Å². The molecule has 0 aliphatic carbocycles. The summed E-state index contributed by atoms with van der Waals surface area (Å²) in [5.74, 6) is 0.910. The third kappa shape index (κ3) is 3.36. The molecule has 15 heavy (non-hydrogen) atoms. The molecule has 0 spiro atoms. The molecule has 1 aromatic heterocycles. The summed E-state index contributed by atoms with van der Waals surface area (Å²) in [7, 11) is 0. The number of hydrogen-bond acceptors (Lipinski definition) is 4. The topological polar surface area (TPSA) is 81.1 Å². The molecular formula is C10H17N3O2. The SMILES string of the molecule is Cc1cnc(C(C)NCC(C)C(N)=O)o1. The number of aryl methyl sites for hydroxylation is 1. The Hall–Kier alpha value is -1.36. The molecule has 2 unspecified atom stereocenters. The number of nitrogens with two attached hydrogens (primary N) is 1. The van der Waals surface area contributed by atoms with E-state index in [4.69, 9.17) is 10.2 Å². The number of rotatable bonds is 5. The summed E-state index contributed by atoms with van der Waals surface area (Å²) in [6.07, 6.45) is 1.67. The Balaban J connectivity index is 2.43. The Morgan fingerprint density at radius 2 is 2.33 bits per heavy atom. The van der Waals surface area contributed by atoms with Crippen molar-refractivity contribution in [3.63, 3.8) is 0 Å². The average Bonchev–Trinajstić information content (AvgIpc) is 2.60. The van der Waals surface area contributed by atoms with Crippen molar-refractivity contribution in [1.82, 2.24) is 10.3 Å². The van der Waals surface area contributed by atoms with E-state index in [1.165, 1.54) is 0 Å². The lowest BCUT2D eigenvalue weighted by atomic mass is 10.1. The van der Waals surface area contributed by atoms with Gasteiger partial charge < -0.3 is 15.5 Å². The maximum absolute atomic E-state index is 10.8. The van der Waals surface area contributed by atoms with Crippen LogP contribution in [0.1, 0.15) is 31.5 Å². The zero-order chi connectivity index (χ0) is 11.4. The van der Waals surface area contributed by atoms with Gasteiger partial charge in [0.1, 0.15) is 5.76 Å². The van der Waals surface area contributed by atoms with Crippen molar-refractivity contribution in [2.24, 2.45) is 11.7 Å². The van der Waals surface area contributed by atoms with E-state index in [2.05, 4.69) is 10.3 Å². The van der Waals surface area contributed by atoms with Crippen LogP contribution >= 0.6 is 0 Å². The van der Waals surface area contributed by atoms with Crippen LogP contribution in [0.4, 0.5) is 0 Å². The van der Waals surface area contributed by atoms with E-state index in [9.17, 15) is 4.79 Å². The van der Waals surface area contributed by atoms with Crippen molar-refractivity contribution >= 4 is 5.91 Å². The van der Waals surface area contributed by atoms with E-state index in [0.29, 0.717) is 12.4 Å². The third-order valence-electron chi connectivity index (χ3n) is 2.23. The maximum Gasteiger partial charge on any atom is 0.221 e. The molecule has 0 bridgehead atoms. The second kappa shape index (κ2) is 4.93. The number of nitrogens with one attached hydrogen (secondary N) is 1. The second-order valence-corrected chi connectivity index (χ2v) is 3.74. The molecule has 5 nitrogen and oxygen atoms in total. The molecule has 0 radical (unpaired) electrons. The highest BCUT2D eigenvalue weighted by molar-refractivity contribution is 5.76. The smallest absolute Gasteiger partial charge is 0.221 e. The molecule has 0 fully saturated rings. The molecule has 1 heterocycles. The van der Waals surface area contributed by atoms with E-state index in [0.717, 1.165) is 5.76 Å². The van der Waals surface area contributed by atoms with Crippen LogP contribution in [-0.2, 0) is 4.79 Å². The predicted octanol–water partition coefficient (Wildman–Crippen LogP) is 0.755. The first-order chi connectivity index (χ1) is 7.00. The van der Waals surface area contributed by atoms with Crippen LogP contribution in [-0.4, -0.2) is 17.4 Å². The number of nitrogens with zero attached hydrogens (tertiary/aromatic N) is 1. The van der Waals surface area contributed by atoms with Crippen molar-refractivity contribution in [2.75, 3.05) is 6.54 Å². The normalized spacial score (nSPS) is 14.9. The number of carbonyl (C=O) groups is 1. The molecule has 1 amide bonds. The van der Waals surface area contributed by atoms with E-state index in [1.807, 2.05) is 13.8 Å². The van der Waals surface area contributed by atoms with E-state index >= 15 is 0 Å². The molecule has 84 valence electrons. The number of carbonyl (C=O) groups excluding carboxylic acids is 1. The molecule has 1 rings (SSSR count). The fourth-order valence-electron chi connectivity index (χ4n) is 1.11. The Labute approximate surface area is 89.1 Å². The van der Waals surface area contributed by atoms with Gasteiger partial charge in [-0.25, -0.2) is 4.98 Å². The van der Waals surface area contributed by atoms with Gasteiger partial charge in [-0.1, -0.05) is 6.92 Å². The van der Waals surface area contributed by atoms with Gasteiger partial charge in [0.15, 0.2) is 0 Å². The summed E-state index contributed by atoms with van der Waals surface area (Å²) in [6, 6.07) is -0.0134. The van der Waals surface area contributed by atoms with Crippen LogP contribution < -0.4 is 11.1 Å². The monoisotopic (exact) mass is 211 g/mol. The van der Waals surface area contributed by atoms with Gasteiger partial charge in [-0.3, -0.25) is 4.79 Å².